The monoisotopic (exact) mass is 375 g/mol. The lowest BCUT2D eigenvalue weighted by atomic mass is 10.1. The Morgan fingerprint density at radius 3 is 2.65 bits per heavy atom. The van der Waals surface area contributed by atoms with Gasteiger partial charge in [-0.25, -0.2) is 13.4 Å². The molecule has 0 amide bonds. The molecular formula is C19H25N3O3S. The Labute approximate surface area is 154 Å². The van der Waals surface area contributed by atoms with E-state index in [4.69, 9.17) is 0 Å². The second-order valence-electron chi connectivity index (χ2n) is 6.85. The summed E-state index contributed by atoms with van der Waals surface area (Å²) in [6.07, 6.45) is 2.50. The topological polar surface area (TPSA) is 83.1 Å². The van der Waals surface area contributed by atoms with Crippen molar-refractivity contribution < 1.29 is 8.42 Å². The van der Waals surface area contributed by atoms with E-state index in [2.05, 4.69) is 9.97 Å². The highest BCUT2D eigenvalue weighted by Gasteiger charge is 2.28. The van der Waals surface area contributed by atoms with Crippen LogP contribution in [0.1, 0.15) is 48.0 Å². The van der Waals surface area contributed by atoms with Crippen molar-refractivity contribution in [3.63, 3.8) is 0 Å². The molecule has 2 heterocycles. The molecule has 0 bridgehead atoms. The molecule has 1 aromatic carbocycles. The largest absolute Gasteiger partial charge is 0.310 e. The standard InChI is InChI=1S/C19H25N3O3S/c1-3-4-11-26(24,25)22-10-9-17-16(13-22)19(23)21-18(20-17)12-15-7-5-14(2)6-8-15/h5-8H,3-4,9-13H2,1-2H3,(H,20,21,23). The van der Waals surface area contributed by atoms with E-state index in [-0.39, 0.29) is 17.9 Å². The maximum Gasteiger partial charge on any atom is 0.255 e. The highest BCUT2D eigenvalue weighted by atomic mass is 32.2. The van der Waals surface area contributed by atoms with Crippen molar-refractivity contribution in [2.45, 2.75) is 46.1 Å². The number of aromatic amines is 1. The van der Waals surface area contributed by atoms with Crippen molar-refractivity contribution in [1.82, 2.24) is 14.3 Å². The van der Waals surface area contributed by atoms with Gasteiger partial charge in [-0.3, -0.25) is 4.79 Å². The Balaban J connectivity index is 1.80. The molecule has 7 heteroatoms. The Kier molecular flexibility index (Phi) is 5.58. The van der Waals surface area contributed by atoms with E-state index in [1.807, 2.05) is 38.1 Å². The SMILES string of the molecule is CCCCS(=O)(=O)N1CCc2nc(Cc3ccc(C)cc3)[nH]c(=O)c2C1. The molecule has 0 spiro atoms. The molecule has 140 valence electrons. The summed E-state index contributed by atoms with van der Waals surface area (Å²) >= 11 is 0. The maximum atomic E-state index is 12.5. The number of hydrogen-bond acceptors (Lipinski definition) is 4. The summed E-state index contributed by atoms with van der Waals surface area (Å²) in [5.41, 5.74) is 3.23. The maximum absolute atomic E-state index is 12.5. The molecule has 1 N–H and O–H groups in total. The lowest BCUT2D eigenvalue weighted by molar-refractivity contribution is 0.383. The Morgan fingerprint density at radius 2 is 1.96 bits per heavy atom. The van der Waals surface area contributed by atoms with Gasteiger partial charge in [0.15, 0.2) is 0 Å². The predicted molar refractivity (Wildman–Crippen MR) is 102 cm³/mol. The molecule has 0 unspecified atom stereocenters. The average molecular weight is 375 g/mol. The van der Waals surface area contributed by atoms with Crippen LogP contribution in [-0.2, 0) is 29.4 Å². The van der Waals surface area contributed by atoms with Crippen LogP contribution in [-0.4, -0.2) is 35.0 Å². The Bertz CT molecular complexity index is 933. The van der Waals surface area contributed by atoms with Crippen LogP contribution in [0.4, 0.5) is 0 Å². The van der Waals surface area contributed by atoms with Gasteiger partial charge < -0.3 is 4.98 Å². The first-order valence-electron chi connectivity index (χ1n) is 9.03. The smallest absolute Gasteiger partial charge is 0.255 e. The zero-order valence-corrected chi connectivity index (χ0v) is 16.1. The van der Waals surface area contributed by atoms with Crippen molar-refractivity contribution in [1.29, 1.82) is 0 Å². The number of unbranched alkanes of at least 4 members (excludes halogenated alkanes) is 1. The van der Waals surface area contributed by atoms with Gasteiger partial charge in [0.1, 0.15) is 5.82 Å². The summed E-state index contributed by atoms with van der Waals surface area (Å²) in [7, 11) is -3.31. The van der Waals surface area contributed by atoms with E-state index in [1.165, 1.54) is 9.87 Å². The third-order valence-electron chi connectivity index (χ3n) is 4.72. The first-order valence-corrected chi connectivity index (χ1v) is 10.6. The minimum atomic E-state index is -3.31. The van der Waals surface area contributed by atoms with Crippen molar-refractivity contribution in [2.24, 2.45) is 0 Å². The van der Waals surface area contributed by atoms with Crippen molar-refractivity contribution in [3.05, 3.63) is 62.8 Å². The van der Waals surface area contributed by atoms with Gasteiger partial charge in [0, 0.05) is 25.9 Å². The quantitative estimate of drug-likeness (QED) is 0.839. The van der Waals surface area contributed by atoms with Crippen molar-refractivity contribution in [3.8, 4) is 0 Å². The van der Waals surface area contributed by atoms with E-state index in [1.54, 1.807) is 0 Å². The molecule has 1 aromatic heterocycles. The van der Waals surface area contributed by atoms with Crippen molar-refractivity contribution in [2.75, 3.05) is 12.3 Å². The first kappa shape index (κ1) is 18.8. The summed E-state index contributed by atoms with van der Waals surface area (Å²) in [5.74, 6) is 0.759. The van der Waals surface area contributed by atoms with Crippen LogP contribution in [0, 0.1) is 6.92 Å². The number of fused-ring (bicyclic) bond motifs is 1. The molecule has 3 rings (SSSR count). The fourth-order valence-electron chi connectivity index (χ4n) is 3.13. The minimum Gasteiger partial charge on any atom is -0.310 e. The predicted octanol–water partition coefficient (Wildman–Crippen LogP) is 2.16. The second-order valence-corrected chi connectivity index (χ2v) is 8.94. The average Bonchev–Trinajstić information content (AvgIpc) is 2.62. The number of sulfonamides is 1. The number of rotatable bonds is 6. The molecule has 1 aliphatic heterocycles. The van der Waals surface area contributed by atoms with Gasteiger partial charge >= 0.3 is 0 Å². The summed E-state index contributed by atoms with van der Waals surface area (Å²) < 4.78 is 26.2. The molecule has 0 atom stereocenters. The molecule has 0 fully saturated rings. The zero-order valence-electron chi connectivity index (χ0n) is 15.3. The van der Waals surface area contributed by atoms with Gasteiger partial charge in [-0.2, -0.15) is 4.31 Å². The Hall–Kier alpha value is -1.99. The molecule has 6 nitrogen and oxygen atoms in total. The number of benzene rings is 1. The van der Waals surface area contributed by atoms with Crippen LogP contribution < -0.4 is 5.56 Å². The minimum absolute atomic E-state index is 0.120. The molecule has 26 heavy (non-hydrogen) atoms. The van der Waals surface area contributed by atoms with E-state index < -0.39 is 10.0 Å². The summed E-state index contributed by atoms with van der Waals surface area (Å²) in [5, 5.41) is 0. The van der Waals surface area contributed by atoms with Gasteiger partial charge in [0.05, 0.1) is 17.0 Å². The number of hydrogen-bond donors (Lipinski definition) is 1. The van der Waals surface area contributed by atoms with Gasteiger partial charge in [0.2, 0.25) is 10.0 Å². The van der Waals surface area contributed by atoms with Crippen LogP contribution in [0.2, 0.25) is 0 Å². The third kappa shape index (κ3) is 4.22. The number of nitrogens with one attached hydrogen (secondary N) is 1. The number of aromatic nitrogens is 2. The van der Waals surface area contributed by atoms with Crippen LogP contribution in [0.5, 0.6) is 0 Å². The molecular weight excluding hydrogens is 350 g/mol. The van der Waals surface area contributed by atoms with E-state index >= 15 is 0 Å². The molecule has 0 saturated carbocycles. The normalized spacial score (nSPS) is 15.0. The van der Waals surface area contributed by atoms with E-state index in [0.29, 0.717) is 37.2 Å². The number of nitrogens with zero attached hydrogens (tertiary/aromatic N) is 2. The van der Waals surface area contributed by atoms with Gasteiger partial charge in [-0.1, -0.05) is 43.2 Å². The summed E-state index contributed by atoms with van der Waals surface area (Å²) in [4.78, 5) is 19.9. The first-order chi connectivity index (χ1) is 12.4. The van der Waals surface area contributed by atoms with E-state index in [9.17, 15) is 13.2 Å². The van der Waals surface area contributed by atoms with Crippen molar-refractivity contribution >= 4 is 10.0 Å². The van der Waals surface area contributed by atoms with E-state index in [0.717, 1.165) is 17.7 Å². The van der Waals surface area contributed by atoms with Gasteiger partial charge in [-0.05, 0) is 18.9 Å². The second kappa shape index (κ2) is 7.72. The van der Waals surface area contributed by atoms with Crippen LogP contribution >= 0.6 is 0 Å². The van der Waals surface area contributed by atoms with Gasteiger partial charge in [0.25, 0.3) is 5.56 Å². The third-order valence-corrected chi connectivity index (χ3v) is 6.63. The number of aryl methyl sites for hydroxylation is 1. The van der Waals surface area contributed by atoms with Crippen LogP contribution in [0.15, 0.2) is 29.1 Å². The summed E-state index contributed by atoms with van der Waals surface area (Å²) in [6.45, 7) is 4.50. The highest BCUT2D eigenvalue weighted by Crippen LogP contribution is 2.18. The Morgan fingerprint density at radius 1 is 1.23 bits per heavy atom. The zero-order chi connectivity index (χ0) is 18.7. The molecule has 0 saturated heterocycles. The molecule has 0 aliphatic carbocycles. The van der Waals surface area contributed by atoms with Crippen LogP contribution in [0.3, 0.4) is 0 Å². The fraction of sp³-hybridized carbons (Fsp3) is 0.474. The molecule has 1 aliphatic rings. The van der Waals surface area contributed by atoms with Crippen LogP contribution in [0.25, 0.3) is 0 Å². The lowest BCUT2D eigenvalue weighted by Gasteiger charge is -2.27. The lowest BCUT2D eigenvalue weighted by Crippen LogP contribution is -2.40. The molecule has 2 aromatic rings. The molecule has 0 radical (unpaired) electrons. The highest BCUT2D eigenvalue weighted by molar-refractivity contribution is 7.89. The van der Waals surface area contributed by atoms with Gasteiger partial charge in [-0.15, -0.1) is 0 Å². The number of H-pyrrole nitrogens is 1. The fourth-order valence-corrected chi connectivity index (χ4v) is 4.73. The summed E-state index contributed by atoms with van der Waals surface area (Å²) in [6, 6.07) is 8.11.